The molecule has 0 aliphatic rings. The first kappa shape index (κ1) is 7.31. The third kappa shape index (κ3) is 1.37. The Labute approximate surface area is 59.5 Å². The summed E-state index contributed by atoms with van der Waals surface area (Å²) in [6.07, 6.45) is 2.40. The summed E-state index contributed by atoms with van der Waals surface area (Å²) >= 11 is 0. The lowest BCUT2D eigenvalue weighted by atomic mass is 10.1. The second-order valence-electron chi connectivity index (χ2n) is 2.36. The molecule has 0 saturated carbocycles. The van der Waals surface area contributed by atoms with Gasteiger partial charge in [0, 0.05) is 11.6 Å². The number of furan rings is 1. The SMILES string of the molecule is CC(N)C(O)c1ccoc1. The molecule has 0 spiro atoms. The minimum absolute atomic E-state index is 0.252. The molecule has 1 aromatic heterocycles. The van der Waals surface area contributed by atoms with E-state index in [2.05, 4.69) is 0 Å². The Morgan fingerprint density at radius 2 is 2.40 bits per heavy atom. The van der Waals surface area contributed by atoms with Gasteiger partial charge in [-0.2, -0.15) is 0 Å². The highest BCUT2D eigenvalue weighted by Gasteiger charge is 2.12. The van der Waals surface area contributed by atoms with Gasteiger partial charge in [0.15, 0.2) is 0 Å². The van der Waals surface area contributed by atoms with Crippen molar-refractivity contribution < 1.29 is 9.52 Å². The number of nitrogens with two attached hydrogens (primary N) is 1. The lowest BCUT2D eigenvalue weighted by molar-refractivity contribution is 0.152. The third-order valence-corrected chi connectivity index (χ3v) is 1.38. The number of aliphatic hydroxyl groups excluding tert-OH is 1. The van der Waals surface area contributed by atoms with Crippen molar-refractivity contribution in [2.24, 2.45) is 5.73 Å². The molecular formula is C7H11NO2. The first-order valence-corrected chi connectivity index (χ1v) is 3.17. The van der Waals surface area contributed by atoms with E-state index in [4.69, 9.17) is 10.2 Å². The zero-order chi connectivity index (χ0) is 7.56. The van der Waals surface area contributed by atoms with Crippen LogP contribution in [-0.2, 0) is 0 Å². The van der Waals surface area contributed by atoms with Gasteiger partial charge in [0.1, 0.15) is 0 Å². The van der Waals surface area contributed by atoms with Crippen LogP contribution in [0.25, 0.3) is 0 Å². The van der Waals surface area contributed by atoms with Crippen LogP contribution in [0.2, 0.25) is 0 Å². The van der Waals surface area contributed by atoms with Crippen molar-refractivity contribution in [3.05, 3.63) is 24.2 Å². The summed E-state index contributed by atoms with van der Waals surface area (Å²) < 4.78 is 4.77. The van der Waals surface area contributed by atoms with Gasteiger partial charge in [0.25, 0.3) is 0 Å². The minimum Gasteiger partial charge on any atom is -0.472 e. The third-order valence-electron chi connectivity index (χ3n) is 1.38. The average Bonchev–Trinajstić information content (AvgIpc) is 2.36. The Bertz CT molecular complexity index is 181. The molecule has 0 aliphatic heterocycles. The zero-order valence-corrected chi connectivity index (χ0v) is 5.82. The van der Waals surface area contributed by atoms with E-state index in [1.54, 1.807) is 13.0 Å². The maximum Gasteiger partial charge on any atom is 0.0969 e. The van der Waals surface area contributed by atoms with Crippen LogP contribution in [0.5, 0.6) is 0 Å². The van der Waals surface area contributed by atoms with Crippen LogP contribution in [0.3, 0.4) is 0 Å². The molecular weight excluding hydrogens is 130 g/mol. The Morgan fingerprint density at radius 3 is 2.80 bits per heavy atom. The van der Waals surface area contributed by atoms with Crippen LogP contribution in [0.15, 0.2) is 23.0 Å². The molecule has 2 atom stereocenters. The Hall–Kier alpha value is -0.800. The largest absolute Gasteiger partial charge is 0.472 e. The van der Waals surface area contributed by atoms with E-state index in [0.29, 0.717) is 0 Å². The fourth-order valence-electron chi connectivity index (χ4n) is 0.747. The van der Waals surface area contributed by atoms with E-state index in [1.807, 2.05) is 0 Å². The Balaban J connectivity index is 2.68. The molecule has 56 valence electrons. The lowest BCUT2D eigenvalue weighted by Gasteiger charge is -2.10. The van der Waals surface area contributed by atoms with Crippen LogP contribution in [0.4, 0.5) is 0 Å². The van der Waals surface area contributed by atoms with Crippen molar-refractivity contribution in [2.45, 2.75) is 19.1 Å². The standard InChI is InChI=1S/C7H11NO2/c1-5(8)7(9)6-2-3-10-4-6/h2-5,7,9H,8H2,1H3. The second-order valence-corrected chi connectivity index (χ2v) is 2.36. The zero-order valence-electron chi connectivity index (χ0n) is 5.82. The van der Waals surface area contributed by atoms with Gasteiger partial charge in [-0.25, -0.2) is 0 Å². The molecule has 3 N–H and O–H groups in total. The molecule has 0 bridgehead atoms. The van der Waals surface area contributed by atoms with Crippen molar-refractivity contribution in [3.8, 4) is 0 Å². The molecule has 1 heterocycles. The van der Waals surface area contributed by atoms with Crippen molar-refractivity contribution in [1.82, 2.24) is 0 Å². The summed E-state index contributed by atoms with van der Waals surface area (Å²) in [6.45, 7) is 1.75. The molecule has 0 aliphatic carbocycles. The fraction of sp³-hybridized carbons (Fsp3) is 0.429. The number of hydrogen-bond donors (Lipinski definition) is 2. The van der Waals surface area contributed by atoms with Crippen LogP contribution >= 0.6 is 0 Å². The first-order valence-electron chi connectivity index (χ1n) is 3.17. The van der Waals surface area contributed by atoms with Gasteiger partial charge < -0.3 is 15.3 Å². The molecule has 3 nitrogen and oxygen atoms in total. The maximum absolute atomic E-state index is 9.30. The van der Waals surface area contributed by atoms with Gasteiger partial charge in [-0.15, -0.1) is 0 Å². The number of rotatable bonds is 2. The van der Waals surface area contributed by atoms with Gasteiger partial charge in [-0.05, 0) is 13.0 Å². The molecule has 0 fully saturated rings. The normalized spacial score (nSPS) is 16.7. The molecule has 2 unspecified atom stereocenters. The van der Waals surface area contributed by atoms with Crippen molar-refractivity contribution in [3.63, 3.8) is 0 Å². The number of hydrogen-bond acceptors (Lipinski definition) is 3. The van der Waals surface area contributed by atoms with Crippen molar-refractivity contribution in [1.29, 1.82) is 0 Å². The van der Waals surface area contributed by atoms with E-state index in [1.165, 1.54) is 12.5 Å². The Morgan fingerprint density at radius 1 is 1.70 bits per heavy atom. The molecule has 1 aromatic rings. The molecule has 0 radical (unpaired) electrons. The first-order chi connectivity index (χ1) is 4.72. The summed E-state index contributed by atoms with van der Waals surface area (Å²) in [5, 5.41) is 9.30. The molecule has 0 saturated heterocycles. The van der Waals surface area contributed by atoms with Crippen molar-refractivity contribution >= 4 is 0 Å². The maximum atomic E-state index is 9.30. The molecule has 3 heteroatoms. The summed E-state index contributed by atoms with van der Waals surface area (Å²) in [4.78, 5) is 0. The molecule has 10 heavy (non-hydrogen) atoms. The highest BCUT2D eigenvalue weighted by Crippen LogP contribution is 2.14. The quantitative estimate of drug-likeness (QED) is 0.636. The molecule has 0 amide bonds. The van der Waals surface area contributed by atoms with Crippen LogP contribution in [0.1, 0.15) is 18.6 Å². The average molecular weight is 141 g/mol. The van der Waals surface area contributed by atoms with Crippen LogP contribution in [0, 0.1) is 0 Å². The molecule has 0 aromatic carbocycles. The Kier molecular flexibility index (Phi) is 2.09. The van der Waals surface area contributed by atoms with Gasteiger partial charge >= 0.3 is 0 Å². The predicted octanol–water partition coefficient (Wildman–Crippen LogP) is 0.660. The smallest absolute Gasteiger partial charge is 0.0969 e. The van der Waals surface area contributed by atoms with E-state index in [0.717, 1.165) is 5.56 Å². The molecule has 1 rings (SSSR count). The summed E-state index contributed by atoms with van der Waals surface area (Å²) in [7, 11) is 0. The second kappa shape index (κ2) is 2.86. The van der Waals surface area contributed by atoms with Crippen LogP contribution < -0.4 is 5.73 Å². The topological polar surface area (TPSA) is 59.4 Å². The van der Waals surface area contributed by atoms with Crippen molar-refractivity contribution in [2.75, 3.05) is 0 Å². The highest BCUT2D eigenvalue weighted by atomic mass is 16.3. The van der Waals surface area contributed by atoms with Gasteiger partial charge in [-0.3, -0.25) is 0 Å². The van der Waals surface area contributed by atoms with E-state index >= 15 is 0 Å². The highest BCUT2D eigenvalue weighted by molar-refractivity contribution is 5.10. The van der Waals surface area contributed by atoms with Crippen LogP contribution in [-0.4, -0.2) is 11.1 Å². The monoisotopic (exact) mass is 141 g/mol. The predicted molar refractivity (Wildman–Crippen MR) is 37.3 cm³/mol. The summed E-state index contributed by atoms with van der Waals surface area (Å²) in [6, 6.07) is 1.45. The number of aliphatic hydroxyl groups is 1. The summed E-state index contributed by atoms with van der Waals surface area (Å²) in [5.41, 5.74) is 6.17. The van der Waals surface area contributed by atoms with E-state index in [-0.39, 0.29) is 6.04 Å². The van der Waals surface area contributed by atoms with E-state index in [9.17, 15) is 5.11 Å². The minimum atomic E-state index is -0.612. The lowest BCUT2D eigenvalue weighted by Crippen LogP contribution is -2.23. The van der Waals surface area contributed by atoms with E-state index < -0.39 is 6.10 Å². The summed E-state index contributed by atoms with van der Waals surface area (Å²) in [5.74, 6) is 0. The van der Waals surface area contributed by atoms with Gasteiger partial charge in [0.05, 0.1) is 18.6 Å². The fourth-order valence-corrected chi connectivity index (χ4v) is 0.747. The van der Waals surface area contributed by atoms with Gasteiger partial charge in [0.2, 0.25) is 0 Å². The van der Waals surface area contributed by atoms with Gasteiger partial charge in [-0.1, -0.05) is 0 Å².